The lowest BCUT2D eigenvalue weighted by atomic mass is 9.82. The van der Waals surface area contributed by atoms with Crippen LogP contribution in [0.3, 0.4) is 0 Å². The van der Waals surface area contributed by atoms with Gasteiger partial charge < -0.3 is 4.57 Å². The Kier molecular flexibility index (Phi) is 11.1. The molecule has 0 aliphatic heterocycles. The van der Waals surface area contributed by atoms with E-state index < -0.39 is 0 Å². The van der Waals surface area contributed by atoms with E-state index in [-0.39, 0.29) is 10.8 Å². The van der Waals surface area contributed by atoms with Crippen molar-refractivity contribution in [1.29, 1.82) is 0 Å². The van der Waals surface area contributed by atoms with Gasteiger partial charge in [-0.25, -0.2) is 0 Å². The van der Waals surface area contributed by atoms with Gasteiger partial charge in [-0.2, -0.15) is 0 Å². The number of para-hydroxylation sites is 1. The van der Waals surface area contributed by atoms with Gasteiger partial charge in [0.2, 0.25) is 0 Å². The first kappa shape index (κ1) is 43.8. The molecule has 0 fully saturated rings. The molecule has 4 heteroatoms. The van der Waals surface area contributed by atoms with Crippen LogP contribution in [0.4, 0.5) is 0 Å². The lowest BCUT2D eigenvalue weighted by Crippen LogP contribution is -2.15. The molecular weight excluding hydrogens is 1060 g/mol. The highest BCUT2D eigenvalue weighted by molar-refractivity contribution is 14.1. The Morgan fingerprint density at radius 2 is 1.04 bits per heavy atom. The number of rotatable bonds is 3. The fraction of sp³-hybridized carbons (Fsp3) is 0.111. The van der Waals surface area contributed by atoms with Crippen LogP contribution in [0.15, 0.2) is 204 Å². The van der Waals surface area contributed by atoms with Crippen molar-refractivity contribution in [3.05, 3.63) is 246 Å². The van der Waals surface area contributed by atoms with E-state index >= 15 is 0 Å². The number of hydrogen-bond donors (Lipinski definition) is 0. The van der Waals surface area contributed by atoms with Crippen LogP contribution in [0.5, 0.6) is 0 Å². The summed E-state index contributed by atoms with van der Waals surface area (Å²) in [5.41, 5.74) is 22.9. The second kappa shape index (κ2) is 17.1. The van der Waals surface area contributed by atoms with Crippen molar-refractivity contribution in [3.63, 3.8) is 0 Å². The fourth-order valence-corrected chi connectivity index (χ4v) is 12.2. The van der Waals surface area contributed by atoms with Crippen LogP contribution < -0.4 is 0 Å². The molecular formula is C63H48Br2IN. The molecule has 0 bridgehead atoms. The number of benzene rings is 9. The Labute approximate surface area is 424 Å². The summed E-state index contributed by atoms with van der Waals surface area (Å²) in [6.45, 7) is 13.3. The zero-order valence-electron chi connectivity index (χ0n) is 38.0. The minimum Gasteiger partial charge on any atom is -0.316 e. The topological polar surface area (TPSA) is 4.93 Å². The molecule has 0 unspecified atom stereocenters. The largest absolute Gasteiger partial charge is 0.316 e. The van der Waals surface area contributed by atoms with E-state index in [4.69, 9.17) is 0 Å². The summed E-state index contributed by atoms with van der Waals surface area (Å²) in [5, 5.41) is 3.97. The van der Waals surface area contributed by atoms with Crippen LogP contribution in [0.25, 0.3) is 77.9 Å². The second-order valence-electron chi connectivity index (χ2n) is 18.9. The summed E-state index contributed by atoms with van der Waals surface area (Å²) in [6, 6.07) is 66.0. The highest BCUT2D eigenvalue weighted by Gasteiger charge is 2.37. The third-order valence-corrected chi connectivity index (χ3v) is 16.0. The zero-order valence-corrected chi connectivity index (χ0v) is 43.3. The van der Waals surface area contributed by atoms with Gasteiger partial charge in [-0.05, 0) is 172 Å². The monoisotopic (exact) mass is 1100 g/mol. The predicted octanol–water partition coefficient (Wildman–Crippen LogP) is 18.8. The molecule has 0 N–H and O–H groups in total. The quantitative estimate of drug-likeness (QED) is 0.155. The maximum atomic E-state index is 4.03. The molecule has 0 atom stereocenters. The van der Waals surface area contributed by atoms with Crippen LogP contribution in [0.1, 0.15) is 66.6 Å². The normalized spacial score (nSPS) is 13.8. The second-order valence-corrected chi connectivity index (χ2v) is 22.0. The van der Waals surface area contributed by atoms with E-state index in [9.17, 15) is 0 Å². The van der Waals surface area contributed by atoms with E-state index in [1.165, 1.54) is 109 Å². The van der Waals surface area contributed by atoms with E-state index in [1.807, 2.05) is 6.08 Å². The molecule has 0 spiro atoms. The van der Waals surface area contributed by atoms with Crippen molar-refractivity contribution >= 4 is 82.2 Å². The van der Waals surface area contributed by atoms with Crippen molar-refractivity contribution in [2.45, 2.75) is 44.9 Å². The molecule has 326 valence electrons. The highest BCUT2D eigenvalue weighted by Crippen LogP contribution is 2.51. The summed E-state index contributed by atoms with van der Waals surface area (Å²) < 4.78 is 5.93. The average Bonchev–Trinajstić information content (AvgIpc) is 4.05. The Bertz CT molecular complexity index is 3570. The van der Waals surface area contributed by atoms with Gasteiger partial charge in [-0.3, -0.25) is 0 Å². The first-order chi connectivity index (χ1) is 32.4. The predicted molar refractivity (Wildman–Crippen MR) is 301 cm³/mol. The Balaban J connectivity index is 0.000000122. The molecule has 10 aromatic rings. The fourth-order valence-electron chi connectivity index (χ4n) is 11.0. The third-order valence-electron chi connectivity index (χ3n) is 14.4. The summed E-state index contributed by atoms with van der Waals surface area (Å²) in [5.74, 6) is 0. The summed E-state index contributed by atoms with van der Waals surface area (Å²) in [7, 11) is 0. The van der Waals surface area contributed by atoms with E-state index in [0.29, 0.717) is 0 Å². The molecule has 0 saturated heterocycles. The maximum Gasteiger partial charge on any atom is 0.0534 e. The highest BCUT2D eigenvalue weighted by atomic mass is 127. The minimum atomic E-state index is -0.0499. The van der Waals surface area contributed by atoms with Crippen LogP contribution in [0, 0.1) is 3.57 Å². The van der Waals surface area contributed by atoms with Crippen LogP contribution in [-0.2, 0) is 17.3 Å². The van der Waals surface area contributed by atoms with Crippen molar-refractivity contribution in [2.75, 3.05) is 0 Å². The summed E-state index contributed by atoms with van der Waals surface area (Å²) >= 11 is 9.63. The minimum absolute atomic E-state index is 0.0499. The van der Waals surface area contributed by atoms with Crippen LogP contribution in [0.2, 0.25) is 0 Å². The number of nitrogens with zero attached hydrogens (tertiary/aromatic N) is 1. The lowest BCUT2D eigenvalue weighted by molar-refractivity contribution is 0.659. The molecule has 0 saturated carbocycles. The molecule has 1 nitrogen and oxygen atoms in total. The molecule has 13 rings (SSSR count). The molecule has 1 aromatic heterocycles. The van der Waals surface area contributed by atoms with Gasteiger partial charge in [0.15, 0.2) is 0 Å². The van der Waals surface area contributed by atoms with Gasteiger partial charge >= 0.3 is 0 Å². The van der Waals surface area contributed by atoms with Gasteiger partial charge in [0, 0.05) is 46.2 Å². The summed E-state index contributed by atoms with van der Waals surface area (Å²) in [4.78, 5) is 0. The standard InChI is InChI=1S/C31H24BrN.C17H12.C15H12BrI/c1-4-20-9-5-6-10-23(20)27-19-33(30-12-8-7-11-26(27)30)22-14-16-25-24-15-13-21(32)17-28(24)31(2,3)29(25)18-22;1-3-7-15-12(5-1)9-10-14-11-13-6-2-4-8-16(13)17(14)15;1-15(2)13-7-9(16)3-5-11(13)12-6-4-10(17)8-14(12)15/h4-19H,1H2,2-3H3;1-10H,11H2;3-8H,1-2H3. The average molecular weight is 1110 g/mol. The van der Waals surface area contributed by atoms with Gasteiger partial charge in [0.05, 0.1) is 5.52 Å². The smallest absolute Gasteiger partial charge is 0.0534 e. The van der Waals surface area contributed by atoms with Gasteiger partial charge in [0.1, 0.15) is 0 Å². The van der Waals surface area contributed by atoms with Gasteiger partial charge in [-0.1, -0.05) is 200 Å². The number of hydrogen-bond acceptors (Lipinski definition) is 0. The van der Waals surface area contributed by atoms with E-state index in [2.05, 4.69) is 281 Å². The first-order valence-corrected chi connectivity index (χ1v) is 25.6. The SMILES string of the molecule is C=Cc1ccccc1-c1cn(-c2ccc3c(c2)C(C)(C)c2cc(Br)ccc2-3)c2ccccc12.CC1(C)c2cc(Br)ccc2-c2ccc(I)cc21.c1ccc2c(c1)Cc1ccc3ccccc3c1-2. The van der Waals surface area contributed by atoms with E-state index in [1.54, 1.807) is 0 Å². The first-order valence-electron chi connectivity index (χ1n) is 22.9. The molecule has 67 heavy (non-hydrogen) atoms. The molecule has 0 amide bonds. The van der Waals surface area contributed by atoms with Gasteiger partial charge in [0.25, 0.3) is 0 Å². The van der Waals surface area contributed by atoms with Crippen LogP contribution >= 0.6 is 54.5 Å². The number of halogens is 3. The Hall–Kier alpha value is -5.79. The van der Waals surface area contributed by atoms with Crippen molar-refractivity contribution in [1.82, 2.24) is 4.57 Å². The Morgan fingerprint density at radius 1 is 0.493 bits per heavy atom. The lowest BCUT2D eigenvalue weighted by Gasteiger charge is -2.22. The van der Waals surface area contributed by atoms with Crippen LogP contribution in [-0.4, -0.2) is 4.57 Å². The van der Waals surface area contributed by atoms with Crippen molar-refractivity contribution < 1.29 is 0 Å². The third kappa shape index (κ3) is 7.47. The van der Waals surface area contributed by atoms with Gasteiger partial charge in [-0.15, -0.1) is 0 Å². The Morgan fingerprint density at radius 3 is 1.75 bits per heavy atom. The number of fused-ring (bicyclic) bond motifs is 12. The molecule has 0 radical (unpaired) electrons. The molecule has 9 aromatic carbocycles. The summed E-state index contributed by atoms with van der Waals surface area (Å²) in [6.07, 6.45) is 5.30. The molecule has 1 heterocycles. The molecule has 3 aliphatic carbocycles. The zero-order chi connectivity index (χ0) is 46.2. The molecule has 3 aliphatic rings. The number of aromatic nitrogens is 1. The van der Waals surface area contributed by atoms with Crippen molar-refractivity contribution in [2.24, 2.45) is 0 Å². The van der Waals surface area contributed by atoms with E-state index in [0.717, 1.165) is 20.9 Å². The maximum absolute atomic E-state index is 4.03. The van der Waals surface area contributed by atoms with Crippen molar-refractivity contribution in [3.8, 4) is 50.2 Å².